The summed E-state index contributed by atoms with van der Waals surface area (Å²) in [7, 11) is -3.35. The van der Waals surface area contributed by atoms with Gasteiger partial charge in [-0.05, 0) is 40.1 Å². The molecule has 0 fully saturated rings. The summed E-state index contributed by atoms with van der Waals surface area (Å²) in [6, 6.07) is 20.6. The van der Waals surface area contributed by atoms with Gasteiger partial charge in [0.15, 0.2) is 9.84 Å². The molecule has 0 unspecified atom stereocenters. The number of benzene rings is 3. The lowest BCUT2D eigenvalue weighted by molar-refractivity contribution is 0.604. The molecule has 0 radical (unpaired) electrons. The number of hydrogen-bond acceptors (Lipinski definition) is 2. The topological polar surface area (TPSA) is 34.1 Å². The Kier molecular flexibility index (Phi) is 4.51. The van der Waals surface area contributed by atoms with Crippen molar-refractivity contribution in [1.29, 1.82) is 0 Å². The summed E-state index contributed by atoms with van der Waals surface area (Å²) in [6.45, 7) is 0. The highest BCUT2D eigenvalue weighted by atomic mass is 35.5. The van der Waals surface area contributed by atoms with Crippen molar-refractivity contribution in [2.75, 3.05) is 0 Å². The third-order valence-corrected chi connectivity index (χ3v) is 5.09. The van der Waals surface area contributed by atoms with Crippen molar-refractivity contribution < 1.29 is 8.42 Å². The number of hydrogen-bond donors (Lipinski definition) is 0. The van der Waals surface area contributed by atoms with Crippen LogP contribution in [0.15, 0.2) is 72.1 Å². The number of fused-ring (bicyclic) bond motifs is 1. The van der Waals surface area contributed by atoms with Gasteiger partial charge in [0, 0.05) is 10.4 Å². The molecule has 3 aromatic carbocycles. The van der Waals surface area contributed by atoms with E-state index in [2.05, 4.69) is 0 Å². The van der Waals surface area contributed by atoms with Crippen molar-refractivity contribution in [3.63, 3.8) is 0 Å². The molecule has 0 aliphatic rings. The first-order chi connectivity index (χ1) is 11.0. The molecule has 0 amide bonds. The maximum atomic E-state index is 12.4. The Bertz CT molecular complexity index is 953. The van der Waals surface area contributed by atoms with E-state index in [1.54, 1.807) is 30.3 Å². The van der Waals surface area contributed by atoms with Gasteiger partial charge in [0.25, 0.3) is 0 Å². The number of sulfone groups is 1. The fourth-order valence-corrected chi connectivity index (χ4v) is 3.71. The van der Waals surface area contributed by atoms with Gasteiger partial charge in [0.1, 0.15) is 0 Å². The Hall–Kier alpha value is -2.10. The Morgan fingerprint density at radius 2 is 1.57 bits per heavy atom. The van der Waals surface area contributed by atoms with Crippen LogP contribution in [0.25, 0.3) is 16.8 Å². The zero-order chi connectivity index (χ0) is 16.3. The Morgan fingerprint density at radius 3 is 2.35 bits per heavy atom. The van der Waals surface area contributed by atoms with Gasteiger partial charge in [-0.2, -0.15) is 0 Å². The highest BCUT2D eigenvalue weighted by Gasteiger charge is 2.10. The molecule has 4 heteroatoms. The standard InChI is InChI=1S/C19H15ClO2S/c20-18-10-8-15(9-11-18)12-13-23(21,22)14-17-6-3-5-16-4-1-2-7-19(16)17/h1-13H,14H2. The molecule has 0 N–H and O–H groups in total. The molecule has 0 bridgehead atoms. The minimum absolute atomic E-state index is 0.0154. The van der Waals surface area contributed by atoms with Crippen molar-refractivity contribution in [1.82, 2.24) is 0 Å². The van der Waals surface area contributed by atoms with E-state index in [1.807, 2.05) is 42.5 Å². The van der Waals surface area contributed by atoms with Crippen LogP contribution in [0.3, 0.4) is 0 Å². The number of rotatable bonds is 4. The quantitative estimate of drug-likeness (QED) is 0.662. The van der Waals surface area contributed by atoms with E-state index in [1.165, 1.54) is 5.41 Å². The van der Waals surface area contributed by atoms with Gasteiger partial charge in [-0.3, -0.25) is 0 Å². The summed E-state index contributed by atoms with van der Waals surface area (Å²) in [5.74, 6) is -0.0154. The first-order valence-electron chi connectivity index (χ1n) is 7.16. The monoisotopic (exact) mass is 342 g/mol. The second kappa shape index (κ2) is 6.57. The largest absolute Gasteiger partial charge is 0.224 e. The highest BCUT2D eigenvalue weighted by molar-refractivity contribution is 7.93. The SMILES string of the molecule is O=S(=O)(C=Cc1ccc(Cl)cc1)Cc1cccc2ccccc12. The van der Waals surface area contributed by atoms with Gasteiger partial charge in [0.05, 0.1) is 5.75 Å². The predicted molar refractivity (Wildman–Crippen MR) is 97.1 cm³/mol. The van der Waals surface area contributed by atoms with E-state index in [-0.39, 0.29) is 5.75 Å². The fraction of sp³-hybridized carbons (Fsp3) is 0.0526. The average Bonchev–Trinajstić information content (AvgIpc) is 2.54. The zero-order valence-corrected chi connectivity index (χ0v) is 13.9. The smallest absolute Gasteiger partial charge is 0.175 e. The third-order valence-electron chi connectivity index (χ3n) is 3.57. The molecule has 0 spiro atoms. The summed E-state index contributed by atoms with van der Waals surface area (Å²) in [4.78, 5) is 0. The Balaban J connectivity index is 1.87. The number of halogens is 1. The summed E-state index contributed by atoms with van der Waals surface area (Å²) >= 11 is 5.82. The molecule has 0 saturated carbocycles. The molecule has 0 aromatic heterocycles. The molecule has 0 aliphatic heterocycles. The maximum Gasteiger partial charge on any atom is 0.175 e. The molecule has 0 atom stereocenters. The minimum Gasteiger partial charge on any atom is -0.224 e. The molecule has 3 rings (SSSR count). The van der Waals surface area contributed by atoms with E-state index in [0.29, 0.717) is 5.02 Å². The van der Waals surface area contributed by atoms with E-state index in [0.717, 1.165) is 21.9 Å². The van der Waals surface area contributed by atoms with E-state index in [9.17, 15) is 8.42 Å². The van der Waals surface area contributed by atoms with Gasteiger partial charge in [-0.15, -0.1) is 0 Å². The summed E-state index contributed by atoms with van der Waals surface area (Å²) in [5.41, 5.74) is 1.61. The van der Waals surface area contributed by atoms with E-state index < -0.39 is 9.84 Å². The van der Waals surface area contributed by atoms with Crippen molar-refractivity contribution in [3.8, 4) is 0 Å². The van der Waals surface area contributed by atoms with Gasteiger partial charge >= 0.3 is 0 Å². The Morgan fingerprint density at radius 1 is 0.870 bits per heavy atom. The highest BCUT2D eigenvalue weighted by Crippen LogP contribution is 2.21. The first kappa shape index (κ1) is 15.8. The van der Waals surface area contributed by atoms with Gasteiger partial charge in [-0.25, -0.2) is 8.42 Å². The molecule has 2 nitrogen and oxygen atoms in total. The lowest BCUT2D eigenvalue weighted by Crippen LogP contribution is -2.00. The van der Waals surface area contributed by atoms with Crippen LogP contribution >= 0.6 is 11.6 Å². The average molecular weight is 343 g/mol. The van der Waals surface area contributed by atoms with Crippen LogP contribution < -0.4 is 0 Å². The molecular formula is C19H15ClO2S. The molecule has 116 valence electrons. The molecule has 0 heterocycles. The van der Waals surface area contributed by atoms with Crippen LogP contribution in [0.5, 0.6) is 0 Å². The zero-order valence-electron chi connectivity index (χ0n) is 12.3. The lowest BCUT2D eigenvalue weighted by Gasteiger charge is -2.05. The first-order valence-corrected chi connectivity index (χ1v) is 9.26. The van der Waals surface area contributed by atoms with Crippen molar-refractivity contribution in [2.24, 2.45) is 0 Å². The fourth-order valence-electron chi connectivity index (χ4n) is 2.44. The van der Waals surface area contributed by atoms with Crippen LogP contribution in [0.4, 0.5) is 0 Å². The van der Waals surface area contributed by atoms with Gasteiger partial charge in [0.2, 0.25) is 0 Å². The normalized spacial score (nSPS) is 12.0. The molecular weight excluding hydrogens is 328 g/mol. The third kappa shape index (κ3) is 4.01. The summed E-state index contributed by atoms with van der Waals surface area (Å²) < 4.78 is 24.7. The molecule has 3 aromatic rings. The Labute approximate surface area is 141 Å². The molecule has 0 saturated heterocycles. The molecule has 23 heavy (non-hydrogen) atoms. The molecule has 0 aliphatic carbocycles. The maximum absolute atomic E-state index is 12.4. The lowest BCUT2D eigenvalue weighted by atomic mass is 10.1. The van der Waals surface area contributed by atoms with Gasteiger partial charge < -0.3 is 0 Å². The minimum atomic E-state index is -3.35. The van der Waals surface area contributed by atoms with Crippen LogP contribution in [0, 0.1) is 0 Å². The van der Waals surface area contributed by atoms with Crippen molar-refractivity contribution >= 4 is 38.3 Å². The predicted octanol–water partition coefficient (Wildman–Crippen LogP) is 5.08. The van der Waals surface area contributed by atoms with Crippen LogP contribution in [-0.2, 0) is 15.6 Å². The summed E-state index contributed by atoms with van der Waals surface area (Å²) in [6.07, 6.45) is 1.59. The van der Waals surface area contributed by atoms with Crippen LogP contribution in [-0.4, -0.2) is 8.42 Å². The van der Waals surface area contributed by atoms with Crippen molar-refractivity contribution in [2.45, 2.75) is 5.75 Å². The van der Waals surface area contributed by atoms with E-state index >= 15 is 0 Å². The van der Waals surface area contributed by atoms with E-state index in [4.69, 9.17) is 11.6 Å². The summed E-state index contributed by atoms with van der Waals surface area (Å²) in [5, 5.41) is 3.90. The van der Waals surface area contributed by atoms with Crippen molar-refractivity contribution in [3.05, 3.63) is 88.3 Å². The van der Waals surface area contributed by atoms with Gasteiger partial charge in [-0.1, -0.05) is 66.2 Å². The van der Waals surface area contributed by atoms with Crippen LogP contribution in [0.1, 0.15) is 11.1 Å². The second-order valence-corrected chi connectivity index (χ2v) is 7.62. The second-order valence-electron chi connectivity index (χ2n) is 5.30. The van der Waals surface area contributed by atoms with Crippen LogP contribution in [0.2, 0.25) is 5.02 Å².